The molecule has 1 heterocycles. The van der Waals surface area contributed by atoms with Crippen molar-refractivity contribution in [2.24, 2.45) is 0 Å². The Bertz CT molecular complexity index is 334. The van der Waals surface area contributed by atoms with Crippen LogP contribution in [0, 0.1) is 0 Å². The third-order valence-corrected chi connectivity index (χ3v) is 4.20. The molecule has 1 aliphatic heterocycles. The summed E-state index contributed by atoms with van der Waals surface area (Å²) in [5.41, 5.74) is 0. The Kier molecular flexibility index (Phi) is 3.31. The topological polar surface area (TPSA) is 54.5 Å². The zero-order valence-electron chi connectivity index (χ0n) is 8.27. The molecule has 0 spiro atoms. The van der Waals surface area contributed by atoms with Crippen LogP contribution in [0.3, 0.4) is 0 Å². The minimum absolute atomic E-state index is 0.0976. The fourth-order valence-electron chi connectivity index (χ4n) is 1.73. The molecule has 1 unspecified atom stereocenters. The lowest BCUT2D eigenvalue weighted by Gasteiger charge is -2.25. The summed E-state index contributed by atoms with van der Waals surface area (Å²) in [6, 6.07) is -0.157. The lowest BCUT2D eigenvalue weighted by molar-refractivity contribution is -0.127. The van der Waals surface area contributed by atoms with Gasteiger partial charge in [-0.1, -0.05) is 6.58 Å². The van der Waals surface area contributed by atoms with Crippen molar-refractivity contribution in [3.05, 3.63) is 12.7 Å². The minimum Gasteiger partial charge on any atom is -0.335 e. The Hall–Kier alpha value is -0.840. The molecule has 1 rings (SSSR count). The molecule has 0 aliphatic carbocycles. The first-order valence-electron chi connectivity index (χ1n) is 4.63. The Morgan fingerprint density at radius 2 is 2.29 bits per heavy atom. The quantitative estimate of drug-likeness (QED) is 0.635. The molecular formula is C9H15NO3S. The molecule has 1 aliphatic rings. The summed E-state index contributed by atoms with van der Waals surface area (Å²) in [5, 5.41) is 0. The summed E-state index contributed by atoms with van der Waals surface area (Å²) in [6.45, 7) is 5.77. The fourth-order valence-corrected chi connectivity index (χ4v) is 3.46. The summed E-state index contributed by atoms with van der Waals surface area (Å²) >= 11 is 0. The van der Waals surface area contributed by atoms with Gasteiger partial charge >= 0.3 is 0 Å². The molecule has 80 valence electrons. The molecule has 1 saturated heterocycles. The normalized spacial score (nSPS) is 24.5. The largest absolute Gasteiger partial charge is 0.335 e. The van der Waals surface area contributed by atoms with E-state index in [2.05, 4.69) is 6.58 Å². The summed E-state index contributed by atoms with van der Waals surface area (Å²) in [5.74, 6) is 0.105. The maximum Gasteiger partial charge on any atom is 0.246 e. The van der Waals surface area contributed by atoms with E-state index in [0.717, 1.165) is 0 Å². The van der Waals surface area contributed by atoms with Crippen LogP contribution in [-0.4, -0.2) is 43.3 Å². The SMILES string of the molecule is C=CC(=O)N(CC)C1CCS(=O)(=O)C1. The number of carbonyl (C=O) groups excluding carboxylic acids is 1. The van der Waals surface area contributed by atoms with Crippen LogP contribution in [0.2, 0.25) is 0 Å². The van der Waals surface area contributed by atoms with E-state index in [0.29, 0.717) is 13.0 Å². The van der Waals surface area contributed by atoms with E-state index in [4.69, 9.17) is 0 Å². The fraction of sp³-hybridized carbons (Fsp3) is 0.667. The third kappa shape index (κ3) is 2.35. The number of nitrogens with zero attached hydrogens (tertiary/aromatic N) is 1. The van der Waals surface area contributed by atoms with E-state index in [9.17, 15) is 13.2 Å². The number of sulfone groups is 1. The van der Waals surface area contributed by atoms with Crippen LogP contribution in [-0.2, 0) is 14.6 Å². The highest BCUT2D eigenvalue weighted by Gasteiger charge is 2.32. The van der Waals surface area contributed by atoms with E-state index in [-0.39, 0.29) is 23.5 Å². The van der Waals surface area contributed by atoms with Crippen LogP contribution in [0.4, 0.5) is 0 Å². The first-order chi connectivity index (χ1) is 6.50. The van der Waals surface area contributed by atoms with E-state index < -0.39 is 9.84 Å². The van der Waals surface area contributed by atoms with Crippen molar-refractivity contribution in [2.45, 2.75) is 19.4 Å². The van der Waals surface area contributed by atoms with Crippen molar-refractivity contribution in [1.82, 2.24) is 4.90 Å². The molecule has 0 aromatic carbocycles. The van der Waals surface area contributed by atoms with Crippen molar-refractivity contribution in [3.8, 4) is 0 Å². The molecule has 14 heavy (non-hydrogen) atoms. The smallest absolute Gasteiger partial charge is 0.246 e. The van der Waals surface area contributed by atoms with Crippen molar-refractivity contribution < 1.29 is 13.2 Å². The van der Waals surface area contributed by atoms with Gasteiger partial charge in [-0.15, -0.1) is 0 Å². The van der Waals surface area contributed by atoms with E-state index >= 15 is 0 Å². The second kappa shape index (κ2) is 4.13. The Morgan fingerprint density at radius 3 is 2.64 bits per heavy atom. The molecule has 1 atom stereocenters. The molecule has 0 saturated carbocycles. The maximum atomic E-state index is 11.4. The van der Waals surface area contributed by atoms with Crippen molar-refractivity contribution in [3.63, 3.8) is 0 Å². The highest BCUT2D eigenvalue weighted by Crippen LogP contribution is 2.17. The van der Waals surface area contributed by atoms with Gasteiger partial charge < -0.3 is 4.90 Å². The summed E-state index contributed by atoms with van der Waals surface area (Å²) in [4.78, 5) is 12.9. The van der Waals surface area contributed by atoms with Gasteiger partial charge in [0, 0.05) is 12.6 Å². The number of rotatable bonds is 3. The van der Waals surface area contributed by atoms with Gasteiger partial charge in [0.05, 0.1) is 11.5 Å². The van der Waals surface area contributed by atoms with Crippen LogP contribution in [0.15, 0.2) is 12.7 Å². The number of amides is 1. The molecule has 4 nitrogen and oxygen atoms in total. The van der Waals surface area contributed by atoms with Gasteiger partial charge in [-0.2, -0.15) is 0 Å². The summed E-state index contributed by atoms with van der Waals surface area (Å²) in [7, 11) is -2.92. The van der Waals surface area contributed by atoms with Crippen molar-refractivity contribution in [2.75, 3.05) is 18.1 Å². The van der Waals surface area contributed by atoms with Crippen LogP contribution in [0.5, 0.6) is 0 Å². The molecule has 0 aromatic heterocycles. The lowest BCUT2D eigenvalue weighted by atomic mass is 10.2. The maximum absolute atomic E-state index is 11.4. The molecule has 5 heteroatoms. The monoisotopic (exact) mass is 217 g/mol. The highest BCUT2D eigenvalue weighted by atomic mass is 32.2. The van der Waals surface area contributed by atoms with Crippen LogP contribution in [0.25, 0.3) is 0 Å². The molecular weight excluding hydrogens is 202 g/mol. The highest BCUT2D eigenvalue weighted by molar-refractivity contribution is 7.91. The standard InChI is InChI=1S/C9H15NO3S/c1-3-9(11)10(4-2)8-5-6-14(12,13)7-8/h3,8H,1,4-7H2,2H3. The second-order valence-electron chi connectivity index (χ2n) is 3.39. The van der Waals surface area contributed by atoms with E-state index in [1.54, 1.807) is 4.90 Å². The van der Waals surface area contributed by atoms with Gasteiger partial charge in [-0.25, -0.2) is 8.42 Å². The van der Waals surface area contributed by atoms with Gasteiger partial charge in [0.15, 0.2) is 9.84 Å². The summed E-state index contributed by atoms with van der Waals surface area (Å²) in [6.07, 6.45) is 1.78. The van der Waals surface area contributed by atoms with Gasteiger partial charge in [0.2, 0.25) is 5.91 Å². The molecule has 0 bridgehead atoms. The zero-order valence-corrected chi connectivity index (χ0v) is 9.09. The first kappa shape index (κ1) is 11.2. The van der Waals surface area contributed by atoms with Gasteiger partial charge in [-0.05, 0) is 19.4 Å². The number of hydrogen-bond donors (Lipinski definition) is 0. The average molecular weight is 217 g/mol. The van der Waals surface area contributed by atoms with Gasteiger partial charge in [-0.3, -0.25) is 4.79 Å². The van der Waals surface area contributed by atoms with Crippen LogP contribution < -0.4 is 0 Å². The Labute approximate surface area is 84.5 Å². The minimum atomic E-state index is -2.92. The average Bonchev–Trinajstić information content (AvgIpc) is 2.47. The predicted octanol–water partition coefficient (Wildman–Crippen LogP) is 0.208. The van der Waals surface area contributed by atoms with E-state index in [1.165, 1.54) is 6.08 Å². The predicted molar refractivity (Wildman–Crippen MR) is 54.6 cm³/mol. The summed E-state index contributed by atoms with van der Waals surface area (Å²) < 4.78 is 22.4. The molecule has 0 aromatic rings. The zero-order chi connectivity index (χ0) is 10.8. The van der Waals surface area contributed by atoms with Gasteiger partial charge in [0.1, 0.15) is 0 Å². The van der Waals surface area contributed by atoms with Gasteiger partial charge in [0.25, 0.3) is 0 Å². The second-order valence-corrected chi connectivity index (χ2v) is 5.61. The van der Waals surface area contributed by atoms with Crippen LogP contribution >= 0.6 is 0 Å². The molecule has 0 radical (unpaired) electrons. The van der Waals surface area contributed by atoms with Crippen molar-refractivity contribution in [1.29, 1.82) is 0 Å². The molecule has 1 amide bonds. The van der Waals surface area contributed by atoms with E-state index in [1.807, 2.05) is 6.92 Å². The number of hydrogen-bond acceptors (Lipinski definition) is 3. The Balaban J connectivity index is 2.73. The Morgan fingerprint density at radius 1 is 1.64 bits per heavy atom. The van der Waals surface area contributed by atoms with Crippen LogP contribution in [0.1, 0.15) is 13.3 Å². The first-order valence-corrected chi connectivity index (χ1v) is 6.45. The van der Waals surface area contributed by atoms with Crippen molar-refractivity contribution >= 4 is 15.7 Å². The lowest BCUT2D eigenvalue weighted by Crippen LogP contribution is -2.39. The molecule has 0 N–H and O–H groups in total. The number of likely N-dealkylation sites (N-methyl/N-ethyl adjacent to an activating group) is 1. The number of carbonyl (C=O) groups is 1. The third-order valence-electron chi connectivity index (χ3n) is 2.45. The molecule has 1 fully saturated rings.